The number of benzene rings is 8. The van der Waals surface area contributed by atoms with E-state index in [0.717, 1.165) is 11.6 Å². The molecular weight excluding hydrogens is 713 g/mol. The van der Waals surface area contributed by atoms with Crippen LogP contribution in [-0.4, -0.2) is 9.13 Å². The molecule has 0 spiro atoms. The van der Waals surface area contributed by atoms with Crippen molar-refractivity contribution in [2.24, 2.45) is 5.92 Å². The van der Waals surface area contributed by atoms with E-state index in [1.165, 1.54) is 114 Å². The van der Waals surface area contributed by atoms with Gasteiger partial charge in [-0.2, -0.15) is 0 Å². The van der Waals surface area contributed by atoms with Crippen LogP contribution in [0.15, 0.2) is 200 Å². The molecule has 0 aliphatic heterocycles. The van der Waals surface area contributed by atoms with Crippen molar-refractivity contribution in [3.63, 3.8) is 0 Å². The van der Waals surface area contributed by atoms with E-state index in [9.17, 15) is 0 Å². The van der Waals surface area contributed by atoms with Crippen LogP contribution >= 0.6 is 0 Å². The minimum Gasteiger partial charge on any atom is -0.309 e. The zero-order valence-electron chi connectivity index (χ0n) is 33.4. The summed E-state index contributed by atoms with van der Waals surface area (Å²) in [5.41, 5.74) is 16.0. The van der Waals surface area contributed by atoms with Crippen LogP contribution in [0.25, 0.3) is 88.4 Å². The number of hydrogen-bond acceptors (Lipinski definition) is 0. The van der Waals surface area contributed by atoms with Crippen molar-refractivity contribution in [3.05, 3.63) is 206 Å². The minimum atomic E-state index is 0.522. The summed E-state index contributed by atoms with van der Waals surface area (Å²) in [6, 6.07) is 69.6. The molecule has 2 unspecified atom stereocenters. The molecule has 0 bridgehead atoms. The molecule has 0 amide bonds. The number of allylic oxidation sites excluding steroid dienone is 2. The van der Waals surface area contributed by atoms with Crippen molar-refractivity contribution in [2.45, 2.75) is 38.5 Å². The zero-order chi connectivity index (χ0) is 39.3. The van der Waals surface area contributed by atoms with E-state index >= 15 is 0 Å². The maximum atomic E-state index is 2.44. The van der Waals surface area contributed by atoms with Gasteiger partial charge < -0.3 is 9.13 Å². The van der Waals surface area contributed by atoms with Crippen molar-refractivity contribution in [3.8, 4) is 44.8 Å². The van der Waals surface area contributed by atoms with Gasteiger partial charge in [0.2, 0.25) is 0 Å². The second kappa shape index (κ2) is 14.8. The highest BCUT2D eigenvalue weighted by atomic mass is 15.0. The Morgan fingerprint density at radius 1 is 0.424 bits per heavy atom. The van der Waals surface area contributed by atoms with Crippen LogP contribution in [-0.2, 0) is 0 Å². The van der Waals surface area contributed by atoms with Gasteiger partial charge in [-0.15, -0.1) is 0 Å². The first kappa shape index (κ1) is 35.3. The van der Waals surface area contributed by atoms with Crippen LogP contribution in [0.1, 0.15) is 44.1 Å². The van der Waals surface area contributed by atoms with Gasteiger partial charge in [0.05, 0.1) is 22.1 Å². The molecule has 0 fully saturated rings. The van der Waals surface area contributed by atoms with E-state index in [4.69, 9.17) is 0 Å². The molecule has 2 nitrogen and oxygen atoms in total. The van der Waals surface area contributed by atoms with Crippen LogP contribution in [0, 0.1) is 5.92 Å². The molecular formula is C57H46N2. The van der Waals surface area contributed by atoms with Gasteiger partial charge in [0.1, 0.15) is 0 Å². The highest BCUT2D eigenvalue weighted by Gasteiger charge is 2.20. The molecule has 2 atom stereocenters. The van der Waals surface area contributed by atoms with Crippen LogP contribution in [0.3, 0.4) is 0 Å². The quantitative estimate of drug-likeness (QED) is 0.137. The molecule has 284 valence electrons. The first-order valence-corrected chi connectivity index (χ1v) is 21.3. The molecule has 11 rings (SSSR count). The third kappa shape index (κ3) is 6.28. The fourth-order valence-electron chi connectivity index (χ4n) is 9.92. The first-order valence-electron chi connectivity index (χ1n) is 21.3. The van der Waals surface area contributed by atoms with Crippen LogP contribution < -0.4 is 0 Å². The van der Waals surface area contributed by atoms with E-state index < -0.39 is 0 Å². The van der Waals surface area contributed by atoms with Gasteiger partial charge in [-0.1, -0.05) is 159 Å². The van der Waals surface area contributed by atoms with Gasteiger partial charge in [-0.25, -0.2) is 0 Å². The van der Waals surface area contributed by atoms with Crippen molar-refractivity contribution in [1.29, 1.82) is 0 Å². The molecule has 10 aromatic rings. The molecule has 1 aliphatic carbocycles. The smallest absolute Gasteiger partial charge is 0.0541 e. The lowest BCUT2D eigenvalue weighted by molar-refractivity contribution is 0.416. The molecule has 2 heterocycles. The number of hydrogen-bond donors (Lipinski definition) is 0. The summed E-state index contributed by atoms with van der Waals surface area (Å²) in [6.07, 6.45) is 9.92. The van der Waals surface area contributed by atoms with Gasteiger partial charge in [0.25, 0.3) is 0 Å². The maximum Gasteiger partial charge on any atom is 0.0541 e. The predicted molar refractivity (Wildman–Crippen MR) is 251 cm³/mol. The van der Waals surface area contributed by atoms with Gasteiger partial charge in [0.15, 0.2) is 0 Å². The molecule has 0 N–H and O–H groups in total. The number of fused-ring (bicyclic) bond motifs is 6. The fraction of sp³-hybridized carbons (Fsp3) is 0.123. The Kier molecular flexibility index (Phi) is 8.85. The summed E-state index contributed by atoms with van der Waals surface area (Å²) >= 11 is 0. The van der Waals surface area contributed by atoms with Gasteiger partial charge in [0, 0.05) is 38.8 Å². The number of aromatic nitrogens is 2. The lowest BCUT2D eigenvalue weighted by Gasteiger charge is -2.25. The normalized spacial score (nSPS) is 15.5. The summed E-state index contributed by atoms with van der Waals surface area (Å²) < 4.78 is 4.85. The van der Waals surface area contributed by atoms with Crippen LogP contribution in [0.5, 0.6) is 0 Å². The van der Waals surface area contributed by atoms with E-state index in [1.54, 1.807) is 0 Å². The first-order chi connectivity index (χ1) is 29.2. The van der Waals surface area contributed by atoms with Crippen molar-refractivity contribution >= 4 is 43.6 Å². The largest absolute Gasteiger partial charge is 0.309 e. The van der Waals surface area contributed by atoms with E-state index in [2.05, 4.69) is 216 Å². The fourth-order valence-corrected chi connectivity index (χ4v) is 9.92. The Morgan fingerprint density at radius 2 is 0.898 bits per heavy atom. The molecule has 0 saturated carbocycles. The Balaban J connectivity index is 0.966. The summed E-state index contributed by atoms with van der Waals surface area (Å²) in [5.74, 6) is 1.33. The van der Waals surface area contributed by atoms with Gasteiger partial charge >= 0.3 is 0 Å². The number of para-hydroxylation sites is 2. The van der Waals surface area contributed by atoms with Crippen molar-refractivity contribution in [2.75, 3.05) is 0 Å². The Morgan fingerprint density at radius 3 is 1.47 bits per heavy atom. The molecule has 1 aliphatic rings. The average Bonchev–Trinajstić information content (AvgIpc) is 3.82. The second-order valence-electron chi connectivity index (χ2n) is 16.4. The van der Waals surface area contributed by atoms with Gasteiger partial charge in [-0.3, -0.25) is 0 Å². The lowest BCUT2D eigenvalue weighted by Crippen LogP contribution is -2.09. The Hall–Kier alpha value is -6.90. The van der Waals surface area contributed by atoms with Crippen molar-refractivity contribution < 1.29 is 0 Å². The molecule has 0 radical (unpaired) electrons. The van der Waals surface area contributed by atoms with Crippen LogP contribution in [0.4, 0.5) is 0 Å². The van der Waals surface area contributed by atoms with Crippen LogP contribution in [0.2, 0.25) is 0 Å². The zero-order valence-corrected chi connectivity index (χ0v) is 33.4. The summed E-state index contributed by atoms with van der Waals surface area (Å²) in [7, 11) is 0. The monoisotopic (exact) mass is 758 g/mol. The highest BCUT2D eigenvalue weighted by Crippen LogP contribution is 2.40. The molecule has 0 saturated heterocycles. The van der Waals surface area contributed by atoms with E-state index in [1.807, 2.05) is 0 Å². The summed E-state index contributed by atoms with van der Waals surface area (Å²) in [4.78, 5) is 0. The molecule has 59 heavy (non-hydrogen) atoms. The van der Waals surface area contributed by atoms with Crippen molar-refractivity contribution in [1.82, 2.24) is 9.13 Å². The summed E-state index contributed by atoms with van der Waals surface area (Å²) in [5, 5.41) is 5.03. The predicted octanol–water partition coefficient (Wildman–Crippen LogP) is 15.7. The summed E-state index contributed by atoms with van der Waals surface area (Å²) in [6.45, 7) is 2.31. The lowest BCUT2D eigenvalue weighted by atomic mass is 9.80. The van der Waals surface area contributed by atoms with Gasteiger partial charge in [-0.05, 0) is 118 Å². The highest BCUT2D eigenvalue weighted by molar-refractivity contribution is 6.12. The topological polar surface area (TPSA) is 9.86 Å². The minimum absolute atomic E-state index is 0.522. The standard InChI is InChI=1S/C57H46N2/c1-2-13-39-14-10-17-43(34-39)41-26-28-42(29-27-41)45-19-12-21-49(36-45)59-55-25-9-7-23-51(55)53-38-47(31-33-57(53)59)46-30-32-56-52(37-46)50-22-6-8-24-54(50)58(56)48-20-11-18-44(35-48)40-15-4-3-5-16-40/h3-12,15-33,35-39,43H,2,13-14,34H2,1H3. The average molecular weight is 759 g/mol. The molecule has 2 heteroatoms. The third-order valence-electron chi connectivity index (χ3n) is 12.8. The Bertz CT molecular complexity index is 3180. The third-order valence-corrected chi connectivity index (χ3v) is 12.8. The Labute approximate surface area is 346 Å². The maximum absolute atomic E-state index is 2.44. The van der Waals surface area contributed by atoms with E-state index in [0.29, 0.717) is 5.92 Å². The second-order valence-corrected chi connectivity index (χ2v) is 16.4. The SMILES string of the molecule is CCCC1CC=CC(c2ccc(-c3cccc(-n4c5ccccc5c5cc(-c6ccc7c(c6)c6ccccc6n7-c6cccc(-c7ccccc7)c6)ccc54)c3)cc2)C1. The molecule has 8 aromatic carbocycles. The number of rotatable bonds is 8. The number of nitrogens with zero attached hydrogens (tertiary/aromatic N) is 2. The molecule has 2 aromatic heterocycles. The van der Waals surface area contributed by atoms with E-state index in [-0.39, 0.29) is 0 Å².